The third-order valence-corrected chi connectivity index (χ3v) is 5.16. The number of pyridine rings is 1. The predicted octanol–water partition coefficient (Wildman–Crippen LogP) is 3.93. The number of hydrogen-bond donors (Lipinski definition) is 1. The number of fused-ring (bicyclic) bond motifs is 1. The third kappa shape index (κ3) is 3.68. The van der Waals surface area contributed by atoms with E-state index in [4.69, 9.17) is 0 Å². The highest BCUT2D eigenvalue weighted by Gasteiger charge is 2.19. The molecule has 7 heteroatoms. The lowest BCUT2D eigenvalue weighted by molar-refractivity contribution is -0.115. The lowest BCUT2D eigenvalue weighted by Crippen LogP contribution is -2.23. The minimum absolute atomic E-state index is 0.0982. The molecule has 2 aromatic carbocycles. The molecule has 27 heavy (non-hydrogen) atoms. The topological polar surface area (TPSA) is 72.7 Å². The Morgan fingerprint density at radius 2 is 1.93 bits per heavy atom. The Hall–Kier alpha value is -3.19. The summed E-state index contributed by atoms with van der Waals surface area (Å²) in [6.07, 6.45) is 3.39. The van der Waals surface area contributed by atoms with Gasteiger partial charge in [0.1, 0.15) is 6.33 Å². The molecular weight excluding hydrogens is 358 g/mol. The van der Waals surface area contributed by atoms with Crippen LogP contribution in [-0.2, 0) is 4.79 Å². The van der Waals surface area contributed by atoms with Crippen LogP contribution in [-0.4, -0.2) is 30.9 Å². The summed E-state index contributed by atoms with van der Waals surface area (Å²) in [5.74, 6) is -0.0982. The molecule has 4 rings (SSSR count). The van der Waals surface area contributed by atoms with Crippen molar-refractivity contribution < 1.29 is 4.79 Å². The van der Waals surface area contributed by atoms with Crippen molar-refractivity contribution >= 4 is 34.3 Å². The van der Waals surface area contributed by atoms with Crippen LogP contribution in [0.3, 0.4) is 0 Å². The van der Waals surface area contributed by atoms with Gasteiger partial charge in [0.25, 0.3) is 0 Å². The lowest BCUT2D eigenvalue weighted by atomic mass is 10.2. The number of carbonyl (C=O) groups is 1. The average molecular weight is 375 g/mol. The van der Waals surface area contributed by atoms with Crippen molar-refractivity contribution in [1.82, 2.24) is 19.7 Å². The maximum absolute atomic E-state index is 12.7. The molecule has 1 atom stereocenters. The Labute approximate surface area is 160 Å². The van der Waals surface area contributed by atoms with Gasteiger partial charge in [-0.2, -0.15) is 0 Å². The van der Waals surface area contributed by atoms with Gasteiger partial charge >= 0.3 is 0 Å². The summed E-state index contributed by atoms with van der Waals surface area (Å²) in [6, 6.07) is 19.3. The van der Waals surface area contributed by atoms with Crippen molar-refractivity contribution in [2.75, 3.05) is 5.32 Å². The number of hydrogen-bond acceptors (Lipinski definition) is 5. The van der Waals surface area contributed by atoms with Crippen LogP contribution in [0.2, 0.25) is 0 Å². The van der Waals surface area contributed by atoms with Crippen LogP contribution in [0.4, 0.5) is 5.69 Å². The lowest BCUT2D eigenvalue weighted by Gasteiger charge is -2.13. The first kappa shape index (κ1) is 17.2. The molecule has 1 amide bonds. The second kappa shape index (κ2) is 7.59. The van der Waals surface area contributed by atoms with Gasteiger partial charge < -0.3 is 5.32 Å². The van der Waals surface area contributed by atoms with Crippen molar-refractivity contribution in [2.45, 2.75) is 17.3 Å². The largest absolute Gasteiger partial charge is 0.324 e. The van der Waals surface area contributed by atoms with Crippen LogP contribution in [0.15, 0.2) is 78.3 Å². The second-order valence-corrected chi connectivity index (χ2v) is 7.25. The minimum atomic E-state index is -0.344. The van der Waals surface area contributed by atoms with E-state index in [-0.39, 0.29) is 11.2 Å². The number of anilines is 1. The molecule has 134 valence electrons. The Kier molecular flexibility index (Phi) is 4.84. The fourth-order valence-corrected chi connectivity index (χ4v) is 3.57. The van der Waals surface area contributed by atoms with Crippen LogP contribution in [0.25, 0.3) is 16.6 Å². The molecule has 0 aliphatic carbocycles. The van der Waals surface area contributed by atoms with E-state index < -0.39 is 0 Å². The number of thioether (sulfide) groups is 1. The van der Waals surface area contributed by atoms with Gasteiger partial charge in [-0.25, -0.2) is 0 Å². The van der Waals surface area contributed by atoms with Crippen molar-refractivity contribution in [3.8, 4) is 5.69 Å². The summed E-state index contributed by atoms with van der Waals surface area (Å²) in [5.41, 5.74) is 2.56. The summed E-state index contributed by atoms with van der Waals surface area (Å²) >= 11 is 1.37. The molecular formula is C20H17N5OS. The normalized spacial score (nSPS) is 12.0. The van der Waals surface area contributed by atoms with Crippen LogP contribution in [0.5, 0.6) is 0 Å². The standard InChI is InChI=1S/C20H17N5OS/c1-14(27-20-24-22-13-25(20)15-7-3-2-4-8-15)19(26)23-18-11-5-10-17-16(18)9-6-12-21-17/h2-14H,1H3,(H,23,26). The van der Waals surface area contributed by atoms with Gasteiger partial charge in [-0.1, -0.05) is 36.0 Å². The first-order chi connectivity index (χ1) is 13.2. The highest BCUT2D eigenvalue weighted by Crippen LogP contribution is 2.26. The predicted molar refractivity (Wildman–Crippen MR) is 107 cm³/mol. The van der Waals surface area contributed by atoms with E-state index in [1.807, 2.05) is 72.2 Å². The van der Waals surface area contributed by atoms with Crippen LogP contribution >= 0.6 is 11.8 Å². The van der Waals surface area contributed by atoms with Gasteiger partial charge in [0.05, 0.1) is 16.5 Å². The number of benzene rings is 2. The number of nitrogens with one attached hydrogen (secondary N) is 1. The van der Waals surface area contributed by atoms with Gasteiger partial charge in [0.2, 0.25) is 5.91 Å². The number of nitrogens with zero attached hydrogens (tertiary/aromatic N) is 4. The quantitative estimate of drug-likeness (QED) is 0.535. The van der Waals surface area contributed by atoms with E-state index in [1.54, 1.807) is 12.5 Å². The van der Waals surface area contributed by atoms with Gasteiger partial charge in [-0.15, -0.1) is 10.2 Å². The molecule has 0 aliphatic heterocycles. The summed E-state index contributed by atoms with van der Waals surface area (Å²) in [6.45, 7) is 1.85. The molecule has 0 radical (unpaired) electrons. The zero-order chi connectivity index (χ0) is 18.6. The Bertz CT molecular complexity index is 1070. The van der Waals surface area contributed by atoms with Crippen molar-refractivity contribution in [3.05, 3.63) is 73.2 Å². The number of para-hydroxylation sites is 1. The molecule has 2 heterocycles. The summed E-state index contributed by atoms with van der Waals surface area (Å²) in [7, 11) is 0. The van der Waals surface area contributed by atoms with Crippen molar-refractivity contribution in [3.63, 3.8) is 0 Å². The van der Waals surface area contributed by atoms with Gasteiger partial charge in [0, 0.05) is 17.3 Å². The Morgan fingerprint density at radius 1 is 1.07 bits per heavy atom. The maximum Gasteiger partial charge on any atom is 0.237 e. The molecule has 0 spiro atoms. The average Bonchev–Trinajstić information content (AvgIpc) is 3.17. The van der Waals surface area contributed by atoms with E-state index >= 15 is 0 Å². The van der Waals surface area contributed by atoms with Gasteiger partial charge in [-0.05, 0) is 43.3 Å². The summed E-state index contributed by atoms with van der Waals surface area (Å²) in [4.78, 5) is 17.0. The molecule has 0 fully saturated rings. The minimum Gasteiger partial charge on any atom is -0.324 e. The van der Waals surface area contributed by atoms with E-state index in [9.17, 15) is 4.79 Å². The van der Waals surface area contributed by atoms with Crippen molar-refractivity contribution in [2.24, 2.45) is 0 Å². The molecule has 6 nitrogen and oxygen atoms in total. The summed E-state index contributed by atoms with van der Waals surface area (Å²) in [5, 5.41) is 12.4. The maximum atomic E-state index is 12.7. The van der Waals surface area contributed by atoms with Crippen molar-refractivity contribution in [1.29, 1.82) is 0 Å². The Morgan fingerprint density at radius 3 is 2.78 bits per heavy atom. The van der Waals surface area contributed by atoms with Crippen LogP contribution < -0.4 is 5.32 Å². The van der Waals surface area contributed by atoms with E-state index in [2.05, 4.69) is 20.5 Å². The molecule has 4 aromatic rings. The zero-order valence-electron chi connectivity index (χ0n) is 14.6. The fraction of sp³-hybridized carbons (Fsp3) is 0.100. The van der Waals surface area contributed by atoms with Gasteiger partial charge in [-0.3, -0.25) is 14.3 Å². The Balaban J connectivity index is 1.52. The zero-order valence-corrected chi connectivity index (χ0v) is 15.4. The molecule has 0 aliphatic rings. The molecule has 1 N–H and O–H groups in total. The van der Waals surface area contributed by atoms with Crippen LogP contribution in [0.1, 0.15) is 6.92 Å². The van der Waals surface area contributed by atoms with Crippen LogP contribution in [0, 0.1) is 0 Å². The fourth-order valence-electron chi connectivity index (χ4n) is 2.73. The number of amides is 1. The first-order valence-corrected chi connectivity index (χ1v) is 9.37. The molecule has 0 bridgehead atoms. The number of aromatic nitrogens is 4. The van der Waals surface area contributed by atoms with E-state index in [0.717, 1.165) is 22.3 Å². The van der Waals surface area contributed by atoms with Gasteiger partial charge in [0.15, 0.2) is 5.16 Å². The van der Waals surface area contributed by atoms with E-state index in [1.165, 1.54) is 11.8 Å². The molecule has 0 saturated carbocycles. The summed E-state index contributed by atoms with van der Waals surface area (Å²) < 4.78 is 1.87. The molecule has 1 unspecified atom stereocenters. The molecule has 2 aromatic heterocycles. The highest BCUT2D eigenvalue weighted by molar-refractivity contribution is 8.00. The molecule has 0 saturated heterocycles. The van der Waals surface area contributed by atoms with E-state index in [0.29, 0.717) is 5.16 Å². The second-order valence-electron chi connectivity index (χ2n) is 5.94. The highest BCUT2D eigenvalue weighted by atomic mass is 32.2. The monoisotopic (exact) mass is 375 g/mol. The SMILES string of the molecule is CC(Sc1nncn1-c1ccccc1)C(=O)Nc1cccc2ncccc12. The third-order valence-electron chi connectivity index (χ3n) is 4.11. The number of rotatable bonds is 5. The first-order valence-electron chi connectivity index (χ1n) is 8.49. The number of carbonyl (C=O) groups excluding carboxylic acids is 1. The smallest absolute Gasteiger partial charge is 0.237 e.